The van der Waals surface area contributed by atoms with Gasteiger partial charge in [0.1, 0.15) is 12.1 Å². The van der Waals surface area contributed by atoms with Gasteiger partial charge in [-0.3, -0.25) is 14.4 Å². The molecule has 2 aliphatic rings. The number of anilines is 1. The summed E-state index contributed by atoms with van der Waals surface area (Å²) in [5.41, 5.74) is 0.196. The van der Waals surface area contributed by atoms with Crippen LogP contribution in [0.3, 0.4) is 0 Å². The van der Waals surface area contributed by atoms with E-state index in [-0.39, 0.29) is 35.7 Å². The maximum atomic E-state index is 13.7. The van der Waals surface area contributed by atoms with Crippen LogP contribution in [0.5, 0.6) is 0 Å². The van der Waals surface area contributed by atoms with E-state index in [1.165, 1.54) is 0 Å². The largest absolute Gasteiger partial charge is 0.352 e. The van der Waals surface area contributed by atoms with Crippen LogP contribution in [0.4, 0.5) is 5.69 Å². The molecule has 1 unspecified atom stereocenters. The molecule has 7 heteroatoms. The van der Waals surface area contributed by atoms with E-state index in [9.17, 15) is 14.4 Å². The molecule has 0 saturated carbocycles. The highest BCUT2D eigenvalue weighted by atomic mass is 16.2. The summed E-state index contributed by atoms with van der Waals surface area (Å²) in [6.07, 6.45) is 2.48. The summed E-state index contributed by atoms with van der Waals surface area (Å²) < 4.78 is 0. The zero-order chi connectivity index (χ0) is 23.5. The molecule has 3 amide bonds. The predicted molar refractivity (Wildman–Crippen MR) is 126 cm³/mol. The normalized spacial score (nSPS) is 19.4. The summed E-state index contributed by atoms with van der Waals surface area (Å²) in [5.74, 6) is 0.00738. The van der Waals surface area contributed by atoms with Crippen molar-refractivity contribution in [3.63, 3.8) is 0 Å². The Balaban J connectivity index is 1.78. The van der Waals surface area contributed by atoms with Crippen LogP contribution in [-0.2, 0) is 14.4 Å². The summed E-state index contributed by atoms with van der Waals surface area (Å²) >= 11 is 0. The van der Waals surface area contributed by atoms with Gasteiger partial charge < -0.3 is 20.0 Å². The van der Waals surface area contributed by atoms with Crippen LogP contribution in [0.15, 0.2) is 30.3 Å². The number of hydrogen-bond donors (Lipinski definition) is 1. The van der Waals surface area contributed by atoms with Crippen LogP contribution in [0.2, 0.25) is 0 Å². The first kappa shape index (κ1) is 24.1. The lowest BCUT2D eigenvalue weighted by Crippen LogP contribution is -2.57. The molecule has 1 aromatic rings. The third kappa shape index (κ3) is 5.25. The smallest absolute Gasteiger partial charge is 0.250 e. The van der Waals surface area contributed by atoms with Crippen molar-refractivity contribution >= 4 is 23.4 Å². The number of hydrogen-bond acceptors (Lipinski definition) is 4. The van der Waals surface area contributed by atoms with E-state index in [2.05, 4.69) is 31.0 Å². The maximum Gasteiger partial charge on any atom is 0.250 e. The van der Waals surface area contributed by atoms with Crippen molar-refractivity contribution < 1.29 is 14.4 Å². The number of benzene rings is 1. The number of para-hydroxylation sites is 1. The average molecular weight is 443 g/mol. The minimum atomic E-state index is -0.712. The van der Waals surface area contributed by atoms with Gasteiger partial charge in [-0.25, -0.2) is 0 Å². The minimum absolute atomic E-state index is 0.0106. The number of amides is 3. The summed E-state index contributed by atoms with van der Waals surface area (Å²) in [7, 11) is 0. The van der Waals surface area contributed by atoms with Crippen molar-refractivity contribution in [1.29, 1.82) is 0 Å². The van der Waals surface area contributed by atoms with Crippen LogP contribution in [0.25, 0.3) is 0 Å². The van der Waals surface area contributed by atoms with Crippen LogP contribution >= 0.6 is 0 Å². The zero-order valence-electron chi connectivity index (χ0n) is 20.2. The number of rotatable bonds is 6. The Morgan fingerprint density at radius 1 is 1.12 bits per heavy atom. The Kier molecular flexibility index (Phi) is 7.16. The van der Waals surface area contributed by atoms with Gasteiger partial charge >= 0.3 is 0 Å². The summed E-state index contributed by atoms with van der Waals surface area (Å²) in [4.78, 5) is 44.6. The maximum absolute atomic E-state index is 13.7. The Hall–Kier alpha value is -2.57. The Morgan fingerprint density at radius 2 is 1.75 bits per heavy atom. The molecule has 0 aromatic heterocycles. The van der Waals surface area contributed by atoms with E-state index in [1.54, 1.807) is 4.90 Å². The van der Waals surface area contributed by atoms with Gasteiger partial charge in [-0.1, -0.05) is 45.9 Å². The molecule has 1 N–H and O–H groups in total. The topological polar surface area (TPSA) is 73.0 Å². The number of piperidine rings is 1. The van der Waals surface area contributed by atoms with Crippen molar-refractivity contribution in [3.05, 3.63) is 30.3 Å². The highest BCUT2D eigenvalue weighted by Crippen LogP contribution is 2.39. The number of nitrogens with one attached hydrogen (secondary N) is 1. The molecule has 32 heavy (non-hydrogen) atoms. The number of nitrogens with zero attached hydrogens (tertiary/aromatic N) is 3. The molecule has 2 aliphatic heterocycles. The second-order valence-corrected chi connectivity index (χ2v) is 10.4. The Bertz CT molecular complexity index is 825. The molecule has 176 valence electrons. The minimum Gasteiger partial charge on any atom is -0.352 e. The fourth-order valence-corrected chi connectivity index (χ4v) is 4.61. The van der Waals surface area contributed by atoms with E-state index in [1.807, 2.05) is 49.1 Å². The van der Waals surface area contributed by atoms with Crippen molar-refractivity contribution in [2.75, 3.05) is 31.2 Å². The van der Waals surface area contributed by atoms with Gasteiger partial charge in [0, 0.05) is 31.2 Å². The molecule has 0 radical (unpaired) electrons. The lowest BCUT2D eigenvalue weighted by Gasteiger charge is -2.43. The van der Waals surface area contributed by atoms with Gasteiger partial charge in [-0.05, 0) is 43.7 Å². The van der Waals surface area contributed by atoms with Gasteiger partial charge in [0.2, 0.25) is 11.8 Å². The molecule has 2 heterocycles. The molecule has 1 atom stereocenters. The SMILES string of the molecule is CCC(C)NC(=O)CN1CN(c2ccccc2)C2(CCN(C(=O)CC(C)(C)C)CC2)C1=O. The van der Waals surface area contributed by atoms with Crippen molar-refractivity contribution in [3.8, 4) is 0 Å². The van der Waals surface area contributed by atoms with E-state index < -0.39 is 5.54 Å². The first-order valence-corrected chi connectivity index (χ1v) is 11.7. The first-order chi connectivity index (χ1) is 15.1. The predicted octanol–water partition coefficient (Wildman–Crippen LogP) is 3.00. The summed E-state index contributed by atoms with van der Waals surface area (Å²) in [5, 5.41) is 2.96. The lowest BCUT2D eigenvalue weighted by atomic mass is 9.84. The molecule has 3 rings (SSSR count). The van der Waals surface area contributed by atoms with E-state index in [0.29, 0.717) is 39.0 Å². The molecule has 1 spiro atoms. The van der Waals surface area contributed by atoms with Crippen LogP contribution in [0.1, 0.15) is 60.3 Å². The number of carbonyl (C=O) groups excluding carboxylic acids is 3. The quantitative estimate of drug-likeness (QED) is 0.735. The fourth-order valence-electron chi connectivity index (χ4n) is 4.61. The molecular formula is C25H38N4O3. The van der Waals surface area contributed by atoms with Crippen molar-refractivity contribution in [2.24, 2.45) is 5.41 Å². The molecule has 2 saturated heterocycles. The molecule has 1 aromatic carbocycles. The van der Waals surface area contributed by atoms with Gasteiger partial charge in [-0.2, -0.15) is 0 Å². The summed E-state index contributed by atoms with van der Waals surface area (Å²) in [6.45, 7) is 11.7. The molecule has 0 bridgehead atoms. The van der Waals surface area contributed by atoms with E-state index in [0.717, 1.165) is 12.1 Å². The second-order valence-electron chi connectivity index (χ2n) is 10.4. The highest BCUT2D eigenvalue weighted by molar-refractivity contribution is 5.96. The fraction of sp³-hybridized carbons (Fsp3) is 0.640. The van der Waals surface area contributed by atoms with Crippen LogP contribution < -0.4 is 10.2 Å². The molecular weight excluding hydrogens is 404 g/mol. The van der Waals surface area contributed by atoms with Gasteiger partial charge in [0.25, 0.3) is 5.91 Å². The monoisotopic (exact) mass is 442 g/mol. The molecule has 2 fully saturated rings. The lowest BCUT2D eigenvalue weighted by molar-refractivity contribution is -0.140. The van der Waals surface area contributed by atoms with Gasteiger partial charge in [-0.15, -0.1) is 0 Å². The first-order valence-electron chi connectivity index (χ1n) is 11.7. The number of carbonyl (C=O) groups is 3. The van der Waals surface area contributed by atoms with E-state index >= 15 is 0 Å². The second kappa shape index (κ2) is 9.51. The third-order valence-electron chi connectivity index (χ3n) is 6.56. The van der Waals surface area contributed by atoms with Crippen molar-refractivity contribution in [1.82, 2.24) is 15.1 Å². The number of likely N-dealkylation sites (tertiary alicyclic amines) is 1. The third-order valence-corrected chi connectivity index (χ3v) is 6.56. The van der Waals surface area contributed by atoms with Crippen LogP contribution in [-0.4, -0.2) is 65.4 Å². The zero-order valence-corrected chi connectivity index (χ0v) is 20.2. The standard InChI is InChI=1S/C25H38N4O3/c1-6-19(2)26-21(30)17-28-18-29(20-10-8-7-9-11-20)25(23(28)32)12-14-27(15-13-25)22(31)16-24(3,4)5/h7-11,19H,6,12-18H2,1-5H3,(H,26,30). The van der Waals surface area contributed by atoms with Gasteiger partial charge in [0.05, 0.1) is 6.67 Å². The van der Waals surface area contributed by atoms with Crippen LogP contribution in [0, 0.1) is 5.41 Å². The molecule has 0 aliphatic carbocycles. The summed E-state index contributed by atoms with van der Waals surface area (Å²) in [6, 6.07) is 9.99. The Labute approximate surface area is 192 Å². The highest BCUT2D eigenvalue weighted by Gasteiger charge is 2.54. The van der Waals surface area contributed by atoms with E-state index in [4.69, 9.17) is 0 Å². The molecule has 7 nitrogen and oxygen atoms in total. The Morgan fingerprint density at radius 3 is 2.31 bits per heavy atom. The van der Waals surface area contributed by atoms with Crippen molar-refractivity contribution in [2.45, 2.75) is 71.9 Å². The average Bonchev–Trinajstić information content (AvgIpc) is 2.99. The van der Waals surface area contributed by atoms with Gasteiger partial charge in [0.15, 0.2) is 0 Å².